The minimum atomic E-state index is -0.283. The van der Waals surface area contributed by atoms with Crippen LogP contribution in [0.25, 0.3) is 6.08 Å². The van der Waals surface area contributed by atoms with E-state index >= 15 is 0 Å². The summed E-state index contributed by atoms with van der Waals surface area (Å²) < 4.78 is 11.0. The average molecular weight is 411 g/mol. The Kier molecular flexibility index (Phi) is 10.6. The van der Waals surface area contributed by atoms with Gasteiger partial charge in [-0.3, -0.25) is 4.79 Å². The first-order valence-electron chi connectivity index (χ1n) is 11.0. The van der Waals surface area contributed by atoms with Crippen LogP contribution >= 0.6 is 0 Å². The summed E-state index contributed by atoms with van der Waals surface area (Å²) in [6, 6.07) is 12.4. The number of hydrogen-bond acceptors (Lipinski definition) is 4. The van der Waals surface area contributed by atoms with Crippen molar-refractivity contribution >= 4 is 11.9 Å². The lowest BCUT2D eigenvalue weighted by molar-refractivity contribution is 0.104. The molecule has 0 atom stereocenters. The van der Waals surface area contributed by atoms with Crippen molar-refractivity contribution in [3.8, 4) is 17.2 Å². The molecule has 0 aliphatic carbocycles. The SMILES string of the molecule is CCCCCCCCCCOc1cccc(O)c1C(=O)/C=C/c1ccc(OC)cc1. The number of phenolic OH excluding ortho intramolecular Hbond substituents is 1. The molecule has 0 saturated heterocycles. The van der Waals surface area contributed by atoms with Gasteiger partial charge in [-0.2, -0.15) is 0 Å². The fourth-order valence-electron chi connectivity index (χ4n) is 3.28. The third-order valence-corrected chi connectivity index (χ3v) is 5.05. The van der Waals surface area contributed by atoms with Crippen molar-refractivity contribution in [3.63, 3.8) is 0 Å². The van der Waals surface area contributed by atoms with Crippen LogP contribution in [0.4, 0.5) is 0 Å². The van der Waals surface area contributed by atoms with E-state index in [-0.39, 0.29) is 17.1 Å². The zero-order valence-electron chi connectivity index (χ0n) is 18.2. The lowest BCUT2D eigenvalue weighted by atomic mass is 10.1. The summed E-state index contributed by atoms with van der Waals surface area (Å²) in [6.45, 7) is 2.77. The van der Waals surface area contributed by atoms with E-state index in [1.54, 1.807) is 25.3 Å². The molecule has 2 aromatic rings. The number of phenols is 1. The molecule has 2 rings (SSSR count). The normalized spacial score (nSPS) is 11.0. The quantitative estimate of drug-likeness (QED) is 0.211. The minimum absolute atomic E-state index is 0.0622. The molecule has 4 heteroatoms. The number of aromatic hydroxyl groups is 1. The molecule has 0 aliphatic heterocycles. The highest BCUT2D eigenvalue weighted by Gasteiger charge is 2.15. The summed E-state index contributed by atoms with van der Waals surface area (Å²) in [5.74, 6) is 0.848. The number of rotatable bonds is 14. The van der Waals surface area contributed by atoms with Gasteiger partial charge in [0.1, 0.15) is 22.8 Å². The van der Waals surface area contributed by atoms with E-state index in [1.165, 1.54) is 50.7 Å². The number of carbonyl (C=O) groups excluding carboxylic acids is 1. The van der Waals surface area contributed by atoms with E-state index in [1.807, 2.05) is 24.3 Å². The third-order valence-electron chi connectivity index (χ3n) is 5.05. The standard InChI is InChI=1S/C26H34O4/c1-3-4-5-6-7-8-9-10-20-30-25-13-11-12-23(27)26(25)24(28)19-16-21-14-17-22(29-2)18-15-21/h11-19,27H,3-10,20H2,1-2H3/b19-16+. The van der Waals surface area contributed by atoms with E-state index in [0.29, 0.717) is 12.4 Å². The Hall–Kier alpha value is -2.75. The Bertz CT molecular complexity index is 793. The van der Waals surface area contributed by atoms with Gasteiger partial charge in [-0.15, -0.1) is 0 Å². The molecular formula is C26H34O4. The van der Waals surface area contributed by atoms with E-state index in [2.05, 4.69) is 6.92 Å². The Labute approximate surface area is 180 Å². The number of carbonyl (C=O) groups is 1. The van der Waals surface area contributed by atoms with Crippen molar-refractivity contribution in [2.24, 2.45) is 0 Å². The largest absolute Gasteiger partial charge is 0.507 e. The van der Waals surface area contributed by atoms with Crippen molar-refractivity contribution in [2.45, 2.75) is 58.3 Å². The van der Waals surface area contributed by atoms with Gasteiger partial charge in [0.05, 0.1) is 13.7 Å². The van der Waals surface area contributed by atoms with Crippen LogP contribution in [-0.2, 0) is 0 Å². The van der Waals surface area contributed by atoms with Gasteiger partial charge in [-0.05, 0) is 42.3 Å². The number of benzene rings is 2. The van der Waals surface area contributed by atoms with Crippen molar-refractivity contribution < 1.29 is 19.4 Å². The summed E-state index contributed by atoms with van der Waals surface area (Å²) in [7, 11) is 1.61. The summed E-state index contributed by atoms with van der Waals surface area (Å²) in [4.78, 5) is 12.7. The molecule has 0 bridgehead atoms. The Morgan fingerprint density at radius 1 is 0.933 bits per heavy atom. The fourth-order valence-corrected chi connectivity index (χ4v) is 3.28. The maximum Gasteiger partial charge on any atom is 0.193 e. The van der Waals surface area contributed by atoms with Crippen LogP contribution < -0.4 is 9.47 Å². The molecule has 30 heavy (non-hydrogen) atoms. The molecule has 162 valence electrons. The van der Waals surface area contributed by atoms with Crippen LogP contribution in [-0.4, -0.2) is 24.6 Å². The second-order valence-electron chi connectivity index (χ2n) is 7.44. The van der Waals surface area contributed by atoms with Crippen molar-refractivity contribution in [1.82, 2.24) is 0 Å². The van der Waals surface area contributed by atoms with E-state index < -0.39 is 0 Å². The molecule has 0 spiro atoms. The smallest absolute Gasteiger partial charge is 0.193 e. The van der Waals surface area contributed by atoms with Gasteiger partial charge in [-0.1, -0.05) is 76.1 Å². The first-order chi connectivity index (χ1) is 14.7. The van der Waals surface area contributed by atoms with Crippen molar-refractivity contribution in [1.29, 1.82) is 0 Å². The zero-order valence-corrected chi connectivity index (χ0v) is 18.2. The molecule has 0 saturated carbocycles. The lowest BCUT2D eigenvalue weighted by Gasteiger charge is -2.11. The monoisotopic (exact) mass is 410 g/mol. The van der Waals surface area contributed by atoms with Gasteiger partial charge >= 0.3 is 0 Å². The second-order valence-corrected chi connectivity index (χ2v) is 7.44. The van der Waals surface area contributed by atoms with Gasteiger partial charge in [0.2, 0.25) is 0 Å². The number of methoxy groups -OCH3 is 1. The van der Waals surface area contributed by atoms with Gasteiger partial charge < -0.3 is 14.6 Å². The molecule has 2 aromatic carbocycles. The maximum atomic E-state index is 12.7. The highest BCUT2D eigenvalue weighted by molar-refractivity contribution is 6.10. The molecule has 0 aliphatic rings. The van der Waals surface area contributed by atoms with Gasteiger partial charge in [0.25, 0.3) is 0 Å². The van der Waals surface area contributed by atoms with Gasteiger partial charge in [0, 0.05) is 0 Å². The molecule has 0 amide bonds. The lowest BCUT2D eigenvalue weighted by Crippen LogP contribution is -2.04. The van der Waals surface area contributed by atoms with Gasteiger partial charge in [0.15, 0.2) is 5.78 Å². The summed E-state index contributed by atoms with van der Waals surface area (Å²) in [5.41, 5.74) is 1.09. The Balaban J connectivity index is 1.87. The van der Waals surface area contributed by atoms with Crippen LogP contribution in [0, 0.1) is 0 Å². The number of ketones is 1. The third kappa shape index (κ3) is 7.94. The highest BCUT2D eigenvalue weighted by Crippen LogP contribution is 2.29. The molecule has 4 nitrogen and oxygen atoms in total. The molecule has 0 fully saturated rings. The molecule has 1 N–H and O–H groups in total. The number of hydrogen-bond donors (Lipinski definition) is 1. The van der Waals surface area contributed by atoms with Crippen molar-refractivity contribution in [2.75, 3.05) is 13.7 Å². The zero-order chi connectivity index (χ0) is 21.6. The molecule has 0 unspecified atom stereocenters. The summed E-state index contributed by atoms with van der Waals surface area (Å²) >= 11 is 0. The predicted molar refractivity (Wildman–Crippen MR) is 123 cm³/mol. The van der Waals surface area contributed by atoms with E-state index in [0.717, 1.165) is 24.2 Å². The van der Waals surface area contributed by atoms with Crippen LogP contribution in [0.3, 0.4) is 0 Å². The highest BCUT2D eigenvalue weighted by atomic mass is 16.5. The number of allylic oxidation sites excluding steroid dienone is 1. The first kappa shape index (κ1) is 23.5. The van der Waals surface area contributed by atoms with Crippen LogP contribution in [0.5, 0.6) is 17.2 Å². The van der Waals surface area contributed by atoms with E-state index in [9.17, 15) is 9.90 Å². The maximum absolute atomic E-state index is 12.7. The number of unbranched alkanes of at least 4 members (excludes halogenated alkanes) is 7. The van der Waals surface area contributed by atoms with Crippen LogP contribution in [0.2, 0.25) is 0 Å². The molecule has 0 aromatic heterocycles. The Morgan fingerprint density at radius 2 is 1.60 bits per heavy atom. The van der Waals surface area contributed by atoms with Gasteiger partial charge in [-0.25, -0.2) is 0 Å². The number of ether oxygens (including phenoxy) is 2. The average Bonchev–Trinajstić information content (AvgIpc) is 2.76. The predicted octanol–water partition coefficient (Wildman–Crippen LogP) is 6.82. The minimum Gasteiger partial charge on any atom is -0.507 e. The van der Waals surface area contributed by atoms with Crippen molar-refractivity contribution in [3.05, 3.63) is 59.7 Å². The Morgan fingerprint density at radius 3 is 2.27 bits per heavy atom. The fraction of sp³-hybridized carbons (Fsp3) is 0.423. The summed E-state index contributed by atoms with van der Waals surface area (Å²) in [5, 5.41) is 10.2. The molecule has 0 radical (unpaired) electrons. The first-order valence-corrected chi connectivity index (χ1v) is 11.0. The molecular weight excluding hydrogens is 376 g/mol. The van der Waals surface area contributed by atoms with E-state index in [4.69, 9.17) is 9.47 Å². The second kappa shape index (κ2) is 13.5. The topological polar surface area (TPSA) is 55.8 Å². The van der Waals surface area contributed by atoms with Crippen LogP contribution in [0.1, 0.15) is 74.2 Å². The van der Waals surface area contributed by atoms with Crippen LogP contribution in [0.15, 0.2) is 48.5 Å². The summed E-state index contributed by atoms with van der Waals surface area (Å²) in [6.07, 6.45) is 12.9. The molecule has 0 heterocycles.